The zero-order valence-electron chi connectivity index (χ0n) is 14.0. The van der Waals surface area contributed by atoms with Gasteiger partial charge in [0, 0.05) is 51.7 Å². The van der Waals surface area contributed by atoms with Crippen LogP contribution in [-0.2, 0) is 17.8 Å². The van der Waals surface area contributed by atoms with Crippen LogP contribution in [0.4, 0.5) is 4.39 Å². The Labute approximate surface area is 141 Å². The number of hydrogen-bond acceptors (Lipinski definition) is 3. The van der Waals surface area contributed by atoms with Gasteiger partial charge in [0.05, 0.1) is 6.42 Å². The van der Waals surface area contributed by atoms with Crippen LogP contribution < -0.4 is 0 Å². The summed E-state index contributed by atoms with van der Waals surface area (Å²) in [6, 6.07) is 6.16. The van der Waals surface area contributed by atoms with Gasteiger partial charge in [-0.3, -0.25) is 9.69 Å². The van der Waals surface area contributed by atoms with Gasteiger partial charge in [-0.15, -0.1) is 0 Å². The Kier molecular flexibility index (Phi) is 5.25. The second kappa shape index (κ2) is 7.57. The fraction of sp³-hybridized carbons (Fsp3) is 0.444. The van der Waals surface area contributed by atoms with Gasteiger partial charge in [-0.1, -0.05) is 12.1 Å². The van der Waals surface area contributed by atoms with Gasteiger partial charge in [0.25, 0.3) is 0 Å². The van der Waals surface area contributed by atoms with Crippen LogP contribution in [0.3, 0.4) is 0 Å². The second-order valence-corrected chi connectivity index (χ2v) is 6.19. The number of halogens is 1. The van der Waals surface area contributed by atoms with Crippen molar-refractivity contribution in [1.82, 2.24) is 19.4 Å². The van der Waals surface area contributed by atoms with E-state index < -0.39 is 0 Å². The maximum absolute atomic E-state index is 12.9. The monoisotopic (exact) mass is 330 g/mol. The molecule has 24 heavy (non-hydrogen) atoms. The highest BCUT2D eigenvalue weighted by Crippen LogP contribution is 2.08. The lowest BCUT2D eigenvalue weighted by Crippen LogP contribution is -2.49. The molecule has 1 aromatic heterocycles. The molecule has 0 unspecified atom stereocenters. The predicted molar refractivity (Wildman–Crippen MR) is 90.1 cm³/mol. The van der Waals surface area contributed by atoms with E-state index in [1.54, 1.807) is 12.1 Å². The lowest BCUT2D eigenvalue weighted by atomic mass is 10.1. The summed E-state index contributed by atoms with van der Waals surface area (Å²) < 4.78 is 15.1. The summed E-state index contributed by atoms with van der Waals surface area (Å²) in [4.78, 5) is 20.9. The highest BCUT2D eigenvalue weighted by atomic mass is 19.1. The average molecular weight is 330 g/mol. The first-order valence-corrected chi connectivity index (χ1v) is 8.34. The Bertz CT molecular complexity index is 675. The van der Waals surface area contributed by atoms with E-state index >= 15 is 0 Å². The van der Waals surface area contributed by atoms with Gasteiger partial charge in [0.15, 0.2) is 0 Å². The minimum absolute atomic E-state index is 0.117. The number of benzene rings is 1. The van der Waals surface area contributed by atoms with Crippen molar-refractivity contribution >= 4 is 5.91 Å². The molecule has 6 heteroatoms. The molecule has 0 bridgehead atoms. The number of carbonyl (C=O) groups is 1. The number of aromatic nitrogens is 2. The van der Waals surface area contributed by atoms with Gasteiger partial charge < -0.3 is 9.47 Å². The molecule has 1 aliphatic rings. The van der Waals surface area contributed by atoms with Crippen LogP contribution in [0.5, 0.6) is 0 Å². The van der Waals surface area contributed by atoms with Gasteiger partial charge >= 0.3 is 0 Å². The van der Waals surface area contributed by atoms with Crippen molar-refractivity contribution < 1.29 is 9.18 Å². The third-order valence-corrected chi connectivity index (χ3v) is 4.57. The first-order valence-electron chi connectivity index (χ1n) is 8.34. The molecule has 1 aromatic carbocycles. The maximum Gasteiger partial charge on any atom is 0.227 e. The minimum Gasteiger partial charge on any atom is -0.340 e. The lowest BCUT2D eigenvalue weighted by molar-refractivity contribution is -0.132. The van der Waals surface area contributed by atoms with Crippen LogP contribution in [0, 0.1) is 12.7 Å². The Morgan fingerprint density at radius 3 is 2.46 bits per heavy atom. The fourth-order valence-corrected chi connectivity index (χ4v) is 3.00. The fourth-order valence-electron chi connectivity index (χ4n) is 3.00. The number of rotatable bonds is 5. The smallest absolute Gasteiger partial charge is 0.227 e. The molecule has 2 heterocycles. The van der Waals surface area contributed by atoms with Gasteiger partial charge in [-0.2, -0.15) is 0 Å². The molecular formula is C18H23FN4O. The molecule has 1 fully saturated rings. The molecule has 2 aromatic rings. The number of aryl methyl sites for hydroxylation is 1. The van der Waals surface area contributed by atoms with E-state index in [0.29, 0.717) is 6.42 Å². The van der Waals surface area contributed by atoms with Gasteiger partial charge in [-0.25, -0.2) is 9.37 Å². The highest BCUT2D eigenvalue weighted by Gasteiger charge is 2.21. The second-order valence-electron chi connectivity index (χ2n) is 6.19. The summed E-state index contributed by atoms with van der Waals surface area (Å²) in [5.41, 5.74) is 0.861. The summed E-state index contributed by atoms with van der Waals surface area (Å²) >= 11 is 0. The van der Waals surface area contributed by atoms with E-state index in [1.807, 2.05) is 24.2 Å². The number of hydrogen-bond donors (Lipinski definition) is 0. The maximum atomic E-state index is 12.9. The molecule has 0 aliphatic carbocycles. The van der Waals surface area contributed by atoms with Crippen LogP contribution in [-0.4, -0.2) is 58.0 Å². The first-order chi connectivity index (χ1) is 11.6. The van der Waals surface area contributed by atoms with Crippen LogP contribution in [0.1, 0.15) is 11.4 Å². The van der Waals surface area contributed by atoms with Crippen molar-refractivity contribution in [3.8, 4) is 0 Å². The number of carbonyl (C=O) groups excluding carboxylic acids is 1. The molecule has 128 valence electrons. The number of nitrogens with zero attached hydrogens (tertiary/aromatic N) is 4. The Morgan fingerprint density at radius 2 is 1.83 bits per heavy atom. The molecule has 1 amide bonds. The number of amides is 1. The zero-order valence-corrected chi connectivity index (χ0v) is 14.0. The summed E-state index contributed by atoms with van der Waals surface area (Å²) in [5, 5.41) is 0. The molecule has 1 aliphatic heterocycles. The molecule has 0 radical (unpaired) electrons. The van der Waals surface area contributed by atoms with Crippen molar-refractivity contribution in [1.29, 1.82) is 0 Å². The normalized spacial score (nSPS) is 15.7. The van der Waals surface area contributed by atoms with E-state index in [1.165, 1.54) is 12.1 Å². The van der Waals surface area contributed by atoms with Crippen molar-refractivity contribution in [3.05, 3.63) is 53.9 Å². The zero-order chi connectivity index (χ0) is 16.9. The van der Waals surface area contributed by atoms with E-state index in [0.717, 1.165) is 50.7 Å². The Balaban J connectivity index is 1.43. The standard InChI is InChI=1S/C18H23FN4O/c1-15-20-6-7-22(15)11-8-21-9-12-23(13-10-21)18(24)14-16-2-4-17(19)5-3-16/h2-7H,8-14H2,1H3. The molecule has 5 nitrogen and oxygen atoms in total. The van der Waals surface area contributed by atoms with Gasteiger partial charge in [-0.05, 0) is 24.6 Å². The average Bonchev–Trinajstić information content (AvgIpc) is 3.00. The summed E-state index contributed by atoms with van der Waals surface area (Å²) in [7, 11) is 0. The summed E-state index contributed by atoms with van der Waals surface area (Å²) in [6.07, 6.45) is 4.16. The molecule has 1 saturated heterocycles. The molecular weight excluding hydrogens is 307 g/mol. The molecule has 0 spiro atoms. The van der Waals surface area contributed by atoms with Crippen LogP contribution >= 0.6 is 0 Å². The van der Waals surface area contributed by atoms with E-state index in [4.69, 9.17) is 0 Å². The van der Waals surface area contributed by atoms with Crippen LogP contribution in [0.2, 0.25) is 0 Å². The first kappa shape index (κ1) is 16.6. The van der Waals surface area contributed by atoms with Crippen LogP contribution in [0.15, 0.2) is 36.7 Å². The summed E-state index contributed by atoms with van der Waals surface area (Å²) in [5.74, 6) is 0.878. The minimum atomic E-state index is -0.270. The number of imidazole rings is 1. The van der Waals surface area contributed by atoms with Crippen molar-refractivity contribution in [2.24, 2.45) is 0 Å². The van der Waals surface area contributed by atoms with Crippen molar-refractivity contribution in [3.63, 3.8) is 0 Å². The predicted octanol–water partition coefficient (Wildman–Crippen LogP) is 1.72. The third-order valence-electron chi connectivity index (χ3n) is 4.57. The van der Waals surface area contributed by atoms with Gasteiger partial charge in [0.1, 0.15) is 11.6 Å². The van der Waals surface area contributed by atoms with Crippen LogP contribution in [0.25, 0.3) is 0 Å². The Hall–Kier alpha value is -2.21. The highest BCUT2D eigenvalue weighted by molar-refractivity contribution is 5.78. The van der Waals surface area contributed by atoms with E-state index in [9.17, 15) is 9.18 Å². The third kappa shape index (κ3) is 4.20. The lowest BCUT2D eigenvalue weighted by Gasteiger charge is -2.35. The van der Waals surface area contributed by atoms with Gasteiger partial charge in [0.2, 0.25) is 5.91 Å². The quantitative estimate of drug-likeness (QED) is 0.838. The largest absolute Gasteiger partial charge is 0.340 e. The molecule has 3 rings (SSSR count). The van der Waals surface area contributed by atoms with Crippen molar-refractivity contribution in [2.75, 3.05) is 32.7 Å². The van der Waals surface area contributed by atoms with E-state index in [2.05, 4.69) is 14.5 Å². The Morgan fingerprint density at radius 1 is 1.12 bits per heavy atom. The molecule has 0 atom stereocenters. The SMILES string of the molecule is Cc1nccn1CCN1CCN(C(=O)Cc2ccc(F)cc2)CC1. The molecule has 0 N–H and O–H groups in total. The topological polar surface area (TPSA) is 41.4 Å². The van der Waals surface area contributed by atoms with Crippen molar-refractivity contribution in [2.45, 2.75) is 19.9 Å². The molecule has 0 saturated carbocycles. The van der Waals surface area contributed by atoms with E-state index in [-0.39, 0.29) is 11.7 Å². The number of piperazine rings is 1. The summed E-state index contributed by atoms with van der Waals surface area (Å²) in [6.45, 7) is 7.19.